The van der Waals surface area contributed by atoms with Gasteiger partial charge in [-0.3, -0.25) is 4.90 Å². The fourth-order valence-electron chi connectivity index (χ4n) is 2.97. The summed E-state index contributed by atoms with van der Waals surface area (Å²) in [7, 11) is 1.73. The molecule has 0 saturated carbocycles. The van der Waals surface area contributed by atoms with E-state index in [4.69, 9.17) is 4.74 Å². The van der Waals surface area contributed by atoms with E-state index in [0.717, 1.165) is 22.5 Å². The number of rotatable bonds is 6. The van der Waals surface area contributed by atoms with Gasteiger partial charge in [-0.05, 0) is 55.8 Å². The molecule has 0 aliphatic carbocycles. The van der Waals surface area contributed by atoms with Crippen molar-refractivity contribution in [3.8, 4) is 5.75 Å². The molecule has 0 atom stereocenters. The first-order chi connectivity index (χ1) is 11.3. The quantitative estimate of drug-likeness (QED) is 0.616. The number of nitrogens with zero attached hydrogens (tertiary/aromatic N) is 1. The van der Waals surface area contributed by atoms with E-state index in [-0.39, 0.29) is 0 Å². The zero-order valence-corrected chi connectivity index (χ0v) is 15.8. The summed E-state index contributed by atoms with van der Waals surface area (Å²) < 4.78 is 6.58. The van der Waals surface area contributed by atoms with E-state index < -0.39 is 0 Å². The van der Waals surface area contributed by atoms with Crippen LogP contribution in [0, 0.1) is 0 Å². The van der Waals surface area contributed by atoms with Gasteiger partial charge in [0.25, 0.3) is 0 Å². The van der Waals surface area contributed by atoms with Gasteiger partial charge in [-0.25, -0.2) is 0 Å². The number of hydrogen-bond acceptors (Lipinski definition) is 3. The Hall–Kier alpha value is -0.970. The van der Waals surface area contributed by atoms with Crippen molar-refractivity contribution in [2.24, 2.45) is 0 Å². The number of methoxy groups -OCH3 is 1. The fraction of sp³-hybridized carbons (Fsp3) is 0.368. The van der Waals surface area contributed by atoms with Crippen LogP contribution in [0.4, 0.5) is 0 Å². The first-order valence-corrected chi connectivity index (χ1v) is 9.79. The lowest BCUT2D eigenvalue weighted by Crippen LogP contribution is -2.18. The maximum Gasteiger partial charge on any atom is 0.122 e. The topological polar surface area (TPSA) is 12.5 Å². The Labute approximate surface area is 151 Å². The second kappa shape index (κ2) is 8.22. The van der Waals surface area contributed by atoms with Crippen LogP contribution in [0.15, 0.2) is 51.8 Å². The van der Waals surface area contributed by atoms with Crippen LogP contribution in [-0.4, -0.2) is 25.1 Å². The summed E-state index contributed by atoms with van der Waals surface area (Å²) in [5.74, 6) is 1.87. The molecule has 0 N–H and O–H groups in total. The van der Waals surface area contributed by atoms with Crippen LogP contribution in [-0.2, 0) is 12.3 Å². The highest BCUT2D eigenvalue weighted by atomic mass is 79.9. The molecule has 1 saturated heterocycles. The van der Waals surface area contributed by atoms with Crippen molar-refractivity contribution >= 4 is 27.7 Å². The van der Waals surface area contributed by atoms with Gasteiger partial charge in [0.15, 0.2) is 0 Å². The maximum atomic E-state index is 5.48. The van der Waals surface area contributed by atoms with Gasteiger partial charge in [0.2, 0.25) is 0 Å². The van der Waals surface area contributed by atoms with Gasteiger partial charge in [-0.1, -0.05) is 34.1 Å². The molecule has 3 rings (SSSR count). The van der Waals surface area contributed by atoms with Crippen LogP contribution in [0.1, 0.15) is 24.0 Å². The molecular formula is C19H22BrNOS. The monoisotopic (exact) mass is 391 g/mol. The largest absolute Gasteiger partial charge is 0.496 e. The SMILES string of the molecule is COc1ccc(Br)cc1CSc1ccccc1CN1CCCC1. The van der Waals surface area contributed by atoms with E-state index in [0.29, 0.717) is 0 Å². The van der Waals surface area contributed by atoms with Gasteiger partial charge in [0, 0.05) is 27.2 Å². The average molecular weight is 392 g/mol. The highest BCUT2D eigenvalue weighted by molar-refractivity contribution is 9.10. The lowest BCUT2D eigenvalue weighted by molar-refractivity contribution is 0.329. The minimum absolute atomic E-state index is 0.916. The van der Waals surface area contributed by atoms with Gasteiger partial charge in [0.05, 0.1) is 7.11 Å². The Morgan fingerprint density at radius 1 is 1.09 bits per heavy atom. The molecule has 2 nitrogen and oxygen atoms in total. The highest BCUT2D eigenvalue weighted by Crippen LogP contribution is 2.32. The van der Waals surface area contributed by atoms with Crippen molar-refractivity contribution < 1.29 is 4.74 Å². The van der Waals surface area contributed by atoms with E-state index in [9.17, 15) is 0 Å². The zero-order valence-electron chi connectivity index (χ0n) is 13.4. The fourth-order valence-corrected chi connectivity index (χ4v) is 4.41. The molecule has 23 heavy (non-hydrogen) atoms. The summed E-state index contributed by atoms with van der Waals surface area (Å²) in [5, 5.41) is 0. The third-order valence-electron chi connectivity index (χ3n) is 4.19. The number of hydrogen-bond donors (Lipinski definition) is 0. The second-order valence-electron chi connectivity index (χ2n) is 5.84. The first kappa shape index (κ1) is 16.9. The van der Waals surface area contributed by atoms with Crippen molar-refractivity contribution in [2.75, 3.05) is 20.2 Å². The number of ether oxygens (including phenoxy) is 1. The molecule has 0 unspecified atom stereocenters. The molecule has 0 radical (unpaired) electrons. The lowest BCUT2D eigenvalue weighted by atomic mass is 10.2. The molecule has 4 heteroatoms. The number of halogens is 1. The minimum atomic E-state index is 0.916. The maximum absolute atomic E-state index is 5.48. The zero-order chi connectivity index (χ0) is 16.1. The summed E-state index contributed by atoms with van der Waals surface area (Å²) >= 11 is 5.45. The first-order valence-electron chi connectivity index (χ1n) is 8.02. The van der Waals surface area contributed by atoms with Gasteiger partial charge < -0.3 is 4.74 Å². The van der Waals surface area contributed by atoms with Crippen LogP contribution in [0.2, 0.25) is 0 Å². The van der Waals surface area contributed by atoms with Crippen LogP contribution in [0.25, 0.3) is 0 Å². The molecule has 1 fully saturated rings. The van der Waals surface area contributed by atoms with E-state index >= 15 is 0 Å². The Bertz CT molecular complexity index is 656. The molecular weight excluding hydrogens is 370 g/mol. The van der Waals surface area contributed by atoms with Gasteiger partial charge in [-0.2, -0.15) is 0 Å². The van der Waals surface area contributed by atoms with Crippen LogP contribution in [0.3, 0.4) is 0 Å². The van der Waals surface area contributed by atoms with Gasteiger partial charge in [0.1, 0.15) is 5.75 Å². The van der Waals surface area contributed by atoms with Crippen molar-refractivity contribution in [3.05, 3.63) is 58.1 Å². The summed E-state index contributed by atoms with van der Waals surface area (Å²) in [5.41, 5.74) is 2.66. The van der Waals surface area contributed by atoms with Crippen LogP contribution in [0.5, 0.6) is 5.75 Å². The average Bonchev–Trinajstić information content (AvgIpc) is 3.07. The molecule has 1 heterocycles. The van der Waals surface area contributed by atoms with Crippen molar-refractivity contribution in [1.82, 2.24) is 4.90 Å². The lowest BCUT2D eigenvalue weighted by Gasteiger charge is -2.17. The van der Waals surface area contributed by atoms with Crippen LogP contribution < -0.4 is 4.74 Å². The number of benzene rings is 2. The summed E-state index contributed by atoms with van der Waals surface area (Å²) in [6, 6.07) is 15.0. The molecule has 122 valence electrons. The predicted molar refractivity (Wildman–Crippen MR) is 101 cm³/mol. The summed E-state index contributed by atoms with van der Waals surface area (Å²) in [4.78, 5) is 3.93. The second-order valence-corrected chi connectivity index (χ2v) is 7.77. The smallest absolute Gasteiger partial charge is 0.122 e. The molecule has 0 bridgehead atoms. The molecule has 0 amide bonds. The molecule has 1 aliphatic rings. The minimum Gasteiger partial charge on any atom is -0.496 e. The Morgan fingerprint density at radius 2 is 1.87 bits per heavy atom. The highest BCUT2D eigenvalue weighted by Gasteiger charge is 2.14. The standard InChI is InChI=1S/C19H22BrNOS/c1-22-18-9-8-17(20)12-16(18)14-23-19-7-3-2-6-15(19)13-21-10-4-5-11-21/h2-3,6-9,12H,4-5,10-11,13-14H2,1H3. The van der Waals surface area contributed by atoms with Crippen molar-refractivity contribution in [2.45, 2.75) is 30.0 Å². The Morgan fingerprint density at radius 3 is 2.65 bits per heavy atom. The molecule has 0 aromatic heterocycles. The molecule has 1 aliphatic heterocycles. The molecule has 0 spiro atoms. The summed E-state index contributed by atoms with van der Waals surface area (Å²) in [6.45, 7) is 3.54. The Kier molecular flexibility index (Phi) is 6.03. The van der Waals surface area contributed by atoms with E-state index in [1.807, 2.05) is 23.9 Å². The molecule has 2 aromatic rings. The number of thioether (sulfide) groups is 1. The Balaban J connectivity index is 1.71. The van der Waals surface area contributed by atoms with E-state index in [1.54, 1.807) is 7.11 Å². The predicted octanol–water partition coefficient (Wildman–Crippen LogP) is 5.35. The van der Waals surface area contributed by atoms with Crippen LogP contribution >= 0.6 is 27.7 Å². The van der Waals surface area contributed by atoms with Gasteiger partial charge >= 0.3 is 0 Å². The molecule has 2 aromatic carbocycles. The third kappa shape index (κ3) is 4.52. The summed E-state index contributed by atoms with van der Waals surface area (Å²) in [6.07, 6.45) is 2.68. The normalized spacial score (nSPS) is 15.0. The van der Waals surface area contributed by atoms with E-state index in [1.165, 1.54) is 42.0 Å². The third-order valence-corrected chi connectivity index (χ3v) is 5.85. The van der Waals surface area contributed by atoms with Crippen molar-refractivity contribution in [3.63, 3.8) is 0 Å². The van der Waals surface area contributed by atoms with Crippen molar-refractivity contribution in [1.29, 1.82) is 0 Å². The van der Waals surface area contributed by atoms with E-state index in [2.05, 4.69) is 51.2 Å². The van der Waals surface area contributed by atoms with Gasteiger partial charge in [-0.15, -0.1) is 11.8 Å². The number of likely N-dealkylation sites (tertiary alicyclic amines) is 1.